The molecule has 20 N–H and O–H groups in total. The Labute approximate surface area is 346 Å². The van der Waals surface area contributed by atoms with Crippen molar-refractivity contribution < 1.29 is 126 Å². The van der Waals surface area contributed by atoms with Gasteiger partial charge in [-0.05, 0) is 19.8 Å². The molecule has 360 valence electrons. The third kappa shape index (κ3) is 37.3. The zero-order valence-electron chi connectivity index (χ0n) is 33.3. The molecule has 60 heavy (non-hydrogen) atoms. The number of aldehydes is 5. The summed E-state index contributed by atoms with van der Waals surface area (Å²) in [4.78, 5) is 49.4. The number of aliphatic hydroxyl groups excluding tert-OH is 20. The molecule has 0 aromatic rings. The lowest BCUT2D eigenvalue weighted by Gasteiger charge is -2.23. The van der Waals surface area contributed by atoms with Crippen LogP contribution in [0.25, 0.3) is 0 Å². The van der Waals surface area contributed by atoms with Gasteiger partial charge in [0.2, 0.25) is 0 Å². The molecule has 16 atom stereocenters. The smallest absolute Gasteiger partial charge is 0.122 e. The van der Waals surface area contributed by atoms with Crippen LogP contribution in [-0.4, -0.2) is 258 Å². The van der Waals surface area contributed by atoms with Crippen molar-refractivity contribution >= 4 is 31.4 Å². The minimum Gasteiger partial charge on any atom is -0.396 e. The average molecular weight is 891 g/mol. The van der Waals surface area contributed by atoms with E-state index in [4.69, 9.17) is 102 Å². The van der Waals surface area contributed by atoms with Crippen molar-refractivity contribution in [3.05, 3.63) is 0 Å². The van der Waals surface area contributed by atoms with Gasteiger partial charge in [-0.2, -0.15) is 0 Å². The van der Waals surface area contributed by atoms with Crippen molar-refractivity contribution in [1.29, 1.82) is 0 Å². The van der Waals surface area contributed by atoms with E-state index < -0.39 is 117 Å². The molecule has 0 radical (unpaired) electrons. The normalized spacial score (nSPS) is 18.9. The average Bonchev–Trinajstić information content (AvgIpc) is 3.21. The molecule has 25 nitrogen and oxygen atoms in total. The Morgan fingerprint density at radius 1 is 0.350 bits per heavy atom. The van der Waals surface area contributed by atoms with E-state index in [0.29, 0.717) is 31.4 Å². The zero-order chi connectivity index (χ0) is 48.0. The largest absolute Gasteiger partial charge is 0.396 e. The molecule has 0 heterocycles. The quantitative estimate of drug-likeness (QED) is 0.0310. The van der Waals surface area contributed by atoms with Crippen LogP contribution in [0, 0.1) is 0 Å². The lowest BCUT2D eigenvalue weighted by molar-refractivity contribution is -0.119. The summed E-state index contributed by atoms with van der Waals surface area (Å²) in [6.07, 6.45) is -18.2. The third-order valence-corrected chi connectivity index (χ3v) is 7.70. The molecule has 0 rings (SSSR count). The molecule has 25 heteroatoms. The SMILES string of the molecule is CC(O)C(O)C(O)C(O)CC=O.O=CCC(O)C(O)C(O)CCO.O=CCC(O)C(O)CC(O)CO.O=CCC(O)CC(O)C(O)CO.O=CCCC(O)C(O)C(O)CO. The predicted octanol–water partition coefficient (Wildman–Crippen LogP) is -9.80. The highest BCUT2D eigenvalue weighted by Gasteiger charge is 2.28. The lowest BCUT2D eigenvalue weighted by Crippen LogP contribution is -2.43. The fraction of sp³-hybridized carbons (Fsp3) is 0.857. The number of carbonyl (C=O) groups excluding carboxylic acids is 5. The van der Waals surface area contributed by atoms with Crippen LogP contribution in [0.2, 0.25) is 0 Å². The fourth-order valence-corrected chi connectivity index (χ4v) is 3.85. The molecule has 0 aliphatic rings. The summed E-state index contributed by atoms with van der Waals surface area (Å²) >= 11 is 0. The minimum absolute atomic E-state index is 0.0168. The van der Waals surface area contributed by atoms with Crippen LogP contribution in [-0.2, 0) is 24.0 Å². The standard InChI is InChI=1S/5C7H14O5/c1-4(9)6(11)7(12)5(10)2-3-8;8-3-1-5(10)7(12)6(11)2-4-9;8-2-1-6(11)7(12)3-5(10)4-9;8-2-1-5(10)3-6(11)7(12)4-9;8-3-1-2-5(10)7(12)6(11)4-9/h3-7,9-12H,2H2,1H3;3,5-7,9-12H,1-2,4H2;2*2,5-7,9-12H,1,3-4H2;3,5-7,9-12H,1-2,4H2. The van der Waals surface area contributed by atoms with E-state index in [2.05, 4.69) is 0 Å². The summed E-state index contributed by atoms with van der Waals surface area (Å²) in [6.45, 7) is -0.632. The monoisotopic (exact) mass is 890 g/mol. The zero-order valence-corrected chi connectivity index (χ0v) is 33.3. The first-order chi connectivity index (χ1) is 28.0. The van der Waals surface area contributed by atoms with Gasteiger partial charge in [-0.15, -0.1) is 0 Å². The molecule has 0 aromatic carbocycles. The molecule has 0 aliphatic heterocycles. The Balaban J connectivity index is -0.000000210. The van der Waals surface area contributed by atoms with Gasteiger partial charge >= 0.3 is 0 Å². The molecular formula is C35H70O25. The van der Waals surface area contributed by atoms with Crippen molar-refractivity contribution in [3.63, 3.8) is 0 Å². The van der Waals surface area contributed by atoms with Crippen LogP contribution in [0.4, 0.5) is 0 Å². The summed E-state index contributed by atoms with van der Waals surface area (Å²) in [5.41, 5.74) is 0. The Kier molecular flexibility index (Phi) is 48.0. The minimum atomic E-state index is -1.49. The van der Waals surface area contributed by atoms with E-state index in [1.165, 1.54) is 6.92 Å². The highest BCUT2D eigenvalue weighted by Crippen LogP contribution is 2.09. The second kappa shape index (κ2) is 43.2. The first kappa shape index (κ1) is 66.6. The Morgan fingerprint density at radius 3 is 1.12 bits per heavy atom. The molecule has 0 aromatic heterocycles. The first-order valence-electron chi connectivity index (χ1n) is 18.5. The van der Waals surface area contributed by atoms with Crippen molar-refractivity contribution in [2.24, 2.45) is 0 Å². The molecule has 0 fully saturated rings. The van der Waals surface area contributed by atoms with Crippen LogP contribution in [0.15, 0.2) is 0 Å². The Bertz CT molecular complexity index is 996. The maximum Gasteiger partial charge on any atom is 0.122 e. The Morgan fingerprint density at radius 2 is 0.733 bits per heavy atom. The van der Waals surface area contributed by atoms with Gasteiger partial charge in [0.25, 0.3) is 0 Å². The van der Waals surface area contributed by atoms with Gasteiger partial charge in [0.05, 0.1) is 80.9 Å². The lowest BCUT2D eigenvalue weighted by atomic mass is 10.0. The van der Waals surface area contributed by atoms with Gasteiger partial charge in [-0.3, -0.25) is 0 Å². The molecule has 0 saturated carbocycles. The van der Waals surface area contributed by atoms with Gasteiger partial charge in [-0.1, -0.05) is 0 Å². The summed E-state index contributed by atoms with van der Waals surface area (Å²) in [6, 6.07) is 0. The summed E-state index contributed by atoms with van der Waals surface area (Å²) in [5.74, 6) is 0. The van der Waals surface area contributed by atoms with E-state index >= 15 is 0 Å². The van der Waals surface area contributed by atoms with Gasteiger partial charge in [-0.25, -0.2) is 0 Å². The van der Waals surface area contributed by atoms with E-state index in [9.17, 15) is 24.0 Å². The second-order valence-electron chi connectivity index (χ2n) is 13.0. The van der Waals surface area contributed by atoms with E-state index in [-0.39, 0.29) is 64.4 Å². The van der Waals surface area contributed by atoms with E-state index in [1.807, 2.05) is 0 Å². The Hall–Kier alpha value is -2.45. The predicted molar refractivity (Wildman–Crippen MR) is 202 cm³/mol. The third-order valence-electron chi connectivity index (χ3n) is 7.70. The maximum absolute atomic E-state index is 9.90. The van der Waals surface area contributed by atoms with Crippen LogP contribution in [0.3, 0.4) is 0 Å². The summed E-state index contributed by atoms with van der Waals surface area (Å²) in [5, 5.41) is 177. The summed E-state index contributed by atoms with van der Waals surface area (Å²) in [7, 11) is 0. The van der Waals surface area contributed by atoms with Crippen molar-refractivity contribution in [3.8, 4) is 0 Å². The molecule has 0 amide bonds. The topological polar surface area (TPSA) is 490 Å². The summed E-state index contributed by atoms with van der Waals surface area (Å²) < 4.78 is 0. The van der Waals surface area contributed by atoms with E-state index in [0.717, 1.165) is 0 Å². The van der Waals surface area contributed by atoms with Gasteiger partial charge in [0, 0.05) is 51.6 Å². The number of aliphatic hydroxyl groups is 20. The van der Waals surface area contributed by atoms with Crippen molar-refractivity contribution in [2.75, 3.05) is 26.4 Å². The molecule has 0 bridgehead atoms. The second-order valence-corrected chi connectivity index (χ2v) is 13.0. The first-order valence-corrected chi connectivity index (χ1v) is 18.5. The molecule has 0 saturated heterocycles. The molecular weight excluding hydrogens is 820 g/mol. The fourth-order valence-electron chi connectivity index (χ4n) is 3.85. The van der Waals surface area contributed by atoms with E-state index in [1.54, 1.807) is 0 Å². The molecule has 0 aliphatic carbocycles. The number of hydrogen-bond acceptors (Lipinski definition) is 25. The van der Waals surface area contributed by atoms with Crippen LogP contribution < -0.4 is 0 Å². The number of hydrogen-bond donors (Lipinski definition) is 20. The highest BCUT2D eigenvalue weighted by molar-refractivity contribution is 5.51. The van der Waals surface area contributed by atoms with Crippen molar-refractivity contribution in [2.45, 2.75) is 162 Å². The van der Waals surface area contributed by atoms with Crippen molar-refractivity contribution in [1.82, 2.24) is 0 Å². The highest BCUT2D eigenvalue weighted by atomic mass is 16.4. The van der Waals surface area contributed by atoms with Crippen LogP contribution in [0.5, 0.6) is 0 Å². The van der Waals surface area contributed by atoms with Crippen LogP contribution in [0.1, 0.15) is 64.7 Å². The van der Waals surface area contributed by atoms with Crippen LogP contribution >= 0.6 is 0 Å². The number of rotatable bonds is 29. The maximum atomic E-state index is 9.90. The number of carbonyl (C=O) groups is 5. The van der Waals surface area contributed by atoms with Gasteiger partial charge < -0.3 is 126 Å². The van der Waals surface area contributed by atoms with Gasteiger partial charge in [0.15, 0.2) is 0 Å². The molecule has 0 spiro atoms. The molecule has 16 unspecified atom stereocenters. The van der Waals surface area contributed by atoms with Gasteiger partial charge in [0.1, 0.15) is 68.1 Å².